The lowest BCUT2D eigenvalue weighted by atomic mass is 10.2. The first-order valence-corrected chi connectivity index (χ1v) is 9.12. The highest BCUT2D eigenvalue weighted by Crippen LogP contribution is 2.12. The molecule has 0 saturated carbocycles. The summed E-state index contributed by atoms with van der Waals surface area (Å²) in [6.45, 7) is 1.27. The molecule has 0 bridgehead atoms. The van der Waals surface area contributed by atoms with Crippen LogP contribution in [0.2, 0.25) is 0 Å². The van der Waals surface area contributed by atoms with E-state index in [1.807, 2.05) is 0 Å². The molecule has 1 aromatic heterocycles. The van der Waals surface area contributed by atoms with Gasteiger partial charge in [0.15, 0.2) is 0 Å². The average molecular weight is 382 g/mol. The second-order valence-electron chi connectivity index (χ2n) is 6.32. The van der Waals surface area contributed by atoms with E-state index in [0.29, 0.717) is 36.5 Å². The van der Waals surface area contributed by atoms with E-state index >= 15 is 0 Å². The first-order chi connectivity index (χ1) is 13.6. The maximum absolute atomic E-state index is 12.2. The number of hydrogen-bond donors (Lipinski definition) is 3. The molecular weight excluding hydrogens is 360 g/mol. The predicted molar refractivity (Wildman–Crippen MR) is 103 cm³/mol. The zero-order valence-corrected chi connectivity index (χ0v) is 15.3. The summed E-state index contributed by atoms with van der Waals surface area (Å²) in [6, 6.07) is 9.81. The van der Waals surface area contributed by atoms with E-state index in [0.717, 1.165) is 12.8 Å². The van der Waals surface area contributed by atoms with Gasteiger partial charge in [0.05, 0.1) is 0 Å². The number of pyridine rings is 1. The Bertz CT molecular complexity index is 818. The van der Waals surface area contributed by atoms with Gasteiger partial charge in [-0.3, -0.25) is 19.4 Å². The number of nitrogens with one attached hydrogen (secondary N) is 3. The van der Waals surface area contributed by atoms with Crippen molar-refractivity contribution in [2.75, 3.05) is 25.0 Å². The van der Waals surface area contributed by atoms with E-state index in [9.17, 15) is 14.4 Å². The minimum atomic E-state index is -0.370. The normalized spacial score (nSPS) is 15.6. The molecule has 2 aromatic rings. The minimum absolute atomic E-state index is 0.138. The number of ether oxygens (including phenoxy) is 1. The summed E-state index contributed by atoms with van der Waals surface area (Å²) < 4.78 is 5.30. The van der Waals surface area contributed by atoms with E-state index in [4.69, 9.17) is 4.74 Å². The van der Waals surface area contributed by atoms with Crippen molar-refractivity contribution >= 4 is 23.4 Å². The average Bonchev–Trinajstić information content (AvgIpc) is 3.27. The van der Waals surface area contributed by atoms with Crippen molar-refractivity contribution < 1.29 is 19.1 Å². The molecule has 3 N–H and O–H groups in total. The fraction of sp³-hybridized carbons (Fsp3) is 0.300. The van der Waals surface area contributed by atoms with Gasteiger partial charge < -0.3 is 20.7 Å². The van der Waals surface area contributed by atoms with E-state index in [-0.39, 0.29) is 23.8 Å². The van der Waals surface area contributed by atoms with Crippen molar-refractivity contribution in [2.45, 2.75) is 18.9 Å². The van der Waals surface area contributed by atoms with E-state index in [1.165, 1.54) is 0 Å². The summed E-state index contributed by atoms with van der Waals surface area (Å²) in [5.74, 6) is -0.638. The van der Waals surface area contributed by atoms with Crippen LogP contribution in [-0.2, 0) is 9.53 Å². The fourth-order valence-corrected chi connectivity index (χ4v) is 2.77. The number of carbonyl (C=O) groups is 3. The van der Waals surface area contributed by atoms with Crippen LogP contribution in [0.15, 0.2) is 48.8 Å². The van der Waals surface area contributed by atoms with Crippen molar-refractivity contribution in [3.05, 3.63) is 59.9 Å². The Morgan fingerprint density at radius 1 is 0.929 bits per heavy atom. The smallest absolute Gasteiger partial charge is 0.255 e. The summed E-state index contributed by atoms with van der Waals surface area (Å²) in [5.41, 5.74) is 1.55. The van der Waals surface area contributed by atoms with E-state index in [2.05, 4.69) is 20.9 Å². The maximum atomic E-state index is 12.2. The van der Waals surface area contributed by atoms with Gasteiger partial charge in [0.1, 0.15) is 6.10 Å². The molecule has 1 fully saturated rings. The van der Waals surface area contributed by atoms with Gasteiger partial charge >= 0.3 is 0 Å². The third kappa shape index (κ3) is 5.37. The topological polar surface area (TPSA) is 109 Å². The van der Waals surface area contributed by atoms with Gasteiger partial charge in [0.25, 0.3) is 11.8 Å². The summed E-state index contributed by atoms with van der Waals surface area (Å²) in [7, 11) is 0. The molecule has 1 saturated heterocycles. The van der Waals surface area contributed by atoms with Crippen LogP contribution in [0.3, 0.4) is 0 Å². The van der Waals surface area contributed by atoms with Crippen molar-refractivity contribution in [1.29, 1.82) is 0 Å². The highest BCUT2D eigenvalue weighted by Gasteiger charge is 2.22. The second-order valence-corrected chi connectivity index (χ2v) is 6.32. The van der Waals surface area contributed by atoms with Gasteiger partial charge in [-0.2, -0.15) is 0 Å². The lowest BCUT2D eigenvalue weighted by Gasteiger charge is -2.11. The summed E-state index contributed by atoms with van der Waals surface area (Å²) >= 11 is 0. The molecule has 1 aromatic carbocycles. The molecule has 0 aliphatic carbocycles. The van der Waals surface area contributed by atoms with Gasteiger partial charge in [-0.1, -0.05) is 0 Å². The number of aromatic nitrogens is 1. The molecule has 1 aliphatic rings. The molecule has 8 heteroatoms. The van der Waals surface area contributed by atoms with Crippen LogP contribution in [0.1, 0.15) is 33.6 Å². The highest BCUT2D eigenvalue weighted by molar-refractivity contribution is 6.04. The standard InChI is InChI=1S/C20H22N4O4/c25-18(22-11-12-23-20(27)17-2-1-13-28-17)14-3-5-16(6-4-14)24-19(26)15-7-9-21-10-8-15/h3-10,17H,1-2,11-13H2,(H,22,25)(H,23,27)(H,24,26). The van der Waals surface area contributed by atoms with Gasteiger partial charge in [-0.15, -0.1) is 0 Å². The van der Waals surface area contributed by atoms with Crippen LogP contribution in [-0.4, -0.2) is 48.5 Å². The van der Waals surface area contributed by atoms with Crippen molar-refractivity contribution in [3.8, 4) is 0 Å². The Balaban J connectivity index is 1.42. The summed E-state index contributed by atoms with van der Waals surface area (Å²) in [4.78, 5) is 39.9. The molecule has 146 valence electrons. The number of hydrogen-bond acceptors (Lipinski definition) is 5. The second kappa shape index (κ2) is 9.61. The minimum Gasteiger partial charge on any atom is -0.368 e. The van der Waals surface area contributed by atoms with Crippen LogP contribution in [0, 0.1) is 0 Å². The summed E-state index contributed by atoms with van der Waals surface area (Å²) in [5, 5.41) is 8.25. The zero-order chi connectivity index (χ0) is 19.8. The van der Waals surface area contributed by atoms with Gasteiger partial charge in [-0.25, -0.2) is 0 Å². The fourth-order valence-electron chi connectivity index (χ4n) is 2.77. The molecule has 1 atom stereocenters. The Morgan fingerprint density at radius 2 is 1.61 bits per heavy atom. The van der Waals surface area contributed by atoms with Crippen molar-refractivity contribution in [2.24, 2.45) is 0 Å². The first-order valence-electron chi connectivity index (χ1n) is 9.12. The van der Waals surface area contributed by atoms with Crippen molar-refractivity contribution in [1.82, 2.24) is 15.6 Å². The van der Waals surface area contributed by atoms with Crippen LogP contribution >= 0.6 is 0 Å². The number of rotatable bonds is 7. The number of nitrogens with zero attached hydrogens (tertiary/aromatic N) is 1. The Kier molecular flexibility index (Phi) is 6.69. The SMILES string of the molecule is O=C(NCCNC(=O)C1CCCO1)c1ccc(NC(=O)c2ccncc2)cc1. The van der Waals surface area contributed by atoms with Gasteiger partial charge in [0, 0.05) is 48.9 Å². The monoisotopic (exact) mass is 382 g/mol. The highest BCUT2D eigenvalue weighted by atomic mass is 16.5. The molecule has 1 unspecified atom stereocenters. The third-order valence-corrected chi connectivity index (χ3v) is 4.28. The molecule has 1 aliphatic heterocycles. The van der Waals surface area contributed by atoms with Crippen LogP contribution in [0.5, 0.6) is 0 Å². The Labute approximate surface area is 162 Å². The quantitative estimate of drug-likeness (QED) is 0.627. The summed E-state index contributed by atoms with van der Waals surface area (Å²) in [6.07, 6.45) is 4.36. The molecule has 3 amide bonds. The molecule has 2 heterocycles. The first kappa shape index (κ1) is 19.5. The number of benzene rings is 1. The molecule has 3 rings (SSSR count). The Hall–Kier alpha value is -3.26. The van der Waals surface area contributed by atoms with Gasteiger partial charge in [0.2, 0.25) is 5.91 Å². The van der Waals surface area contributed by atoms with Gasteiger partial charge in [-0.05, 0) is 49.2 Å². The Morgan fingerprint density at radius 3 is 2.29 bits per heavy atom. The number of anilines is 1. The zero-order valence-electron chi connectivity index (χ0n) is 15.3. The predicted octanol–water partition coefficient (Wildman–Crippen LogP) is 1.36. The van der Waals surface area contributed by atoms with Crippen LogP contribution in [0.4, 0.5) is 5.69 Å². The third-order valence-electron chi connectivity index (χ3n) is 4.28. The van der Waals surface area contributed by atoms with Crippen LogP contribution < -0.4 is 16.0 Å². The number of carbonyl (C=O) groups excluding carboxylic acids is 3. The lowest BCUT2D eigenvalue weighted by Crippen LogP contribution is -2.39. The molecule has 28 heavy (non-hydrogen) atoms. The maximum Gasteiger partial charge on any atom is 0.255 e. The molecule has 0 spiro atoms. The van der Waals surface area contributed by atoms with Crippen LogP contribution in [0.25, 0.3) is 0 Å². The van der Waals surface area contributed by atoms with E-state index in [1.54, 1.807) is 48.8 Å². The lowest BCUT2D eigenvalue weighted by molar-refractivity contribution is -0.129. The molecule has 8 nitrogen and oxygen atoms in total. The number of amides is 3. The molecule has 0 radical (unpaired) electrons. The van der Waals surface area contributed by atoms with Crippen molar-refractivity contribution in [3.63, 3.8) is 0 Å². The van der Waals surface area contributed by atoms with E-state index < -0.39 is 0 Å². The molecular formula is C20H22N4O4. The largest absolute Gasteiger partial charge is 0.368 e.